The molecule has 1 saturated heterocycles. The molecule has 1 fully saturated rings. The zero-order valence-electron chi connectivity index (χ0n) is 10.5. The van der Waals surface area contributed by atoms with Gasteiger partial charge >= 0.3 is 0 Å². The van der Waals surface area contributed by atoms with Gasteiger partial charge in [-0.05, 0) is 38.6 Å². The molecule has 0 aliphatic carbocycles. The highest BCUT2D eigenvalue weighted by Crippen LogP contribution is 2.11. The summed E-state index contributed by atoms with van der Waals surface area (Å²) < 4.78 is 0. The second-order valence-corrected chi connectivity index (χ2v) is 4.50. The molecule has 1 atom stereocenters. The van der Waals surface area contributed by atoms with E-state index in [0.717, 1.165) is 58.0 Å². The number of amides is 1. The summed E-state index contributed by atoms with van der Waals surface area (Å²) in [5, 5.41) is 3.23. The van der Waals surface area contributed by atoms with Crippen LogP contribution < -0.4 is 5.32 Å². The summed E-state index contributed by atoms with van der Waals surface area (Å²) >= 11 is 0. The summed E-state index contributed by atoms with van der Waals surface area (Å²) in [7, 11) is 0. The highest BCUT2D eigenvalue weighted by molar-refractivity contribution is 5.86. The van der Waals surface area contributed by atoms with Crippen molar-refractivity contribution < 1.29 is 4.79 Å². The summed E-state index contributed by atoms with van der Waals surface area (Å²) in [6, 6.07) is 0. The number of piperidine rings is 1. The van der Waals surface area contributed by atoms with E-state index < -0.39 is 0 Å². The maximum atomic E-state index is 11.7. The predicted octanol–water partition coefficient (Wildman–Crippen LogP) is 2.17. The molecule has 1 aliphatic heterocycles. The summed E-state index contributed by atoms with van der Waals surface area (Å²) in [4.78, 5) is 15.7. The van der Waals surface area contributed by atoms with Crippen LogP contribution in [0.2, 0.25) is 0 Å². The molecular formula is C14H22N2O. The molecule has 1 N–H and O–H groups in total. The maximum Gasteiger partial charge on any atom is 0.249 e. The lowest BCUT2D eigenvalue weighted by atomic mass is 9.99. The largest absolute Gasteiger partial charge is 0.316 e. The molecule has 94 valence electrons. The van der Waals surface area contributed by atoms with Gasteiger partial charge in [-0.2, -0.15) is 0 Å². The molecule has 1 rings (SSSR count). The first-order valence-electron chi connectivity index (χ1n) is 6.55. The maximum absolute atomic E-state index is 11.7. The van der Waals surface area contributed by atoms with Crippen molar-refractivity contribution in [1.29, 1.82) is 0 Å². The third kappa shape index (κ3) is 6.23. The van der Waals surface area contributed by atoms with Crippen LogP contribution in [-0.2, 0) is 4.79 Å². The highest BCUT2D eigenvalue weighted by atomic mass is 16.1. The first kappa shape index (κ1) is 13.9. The van der Waals surface area contributed by atoms with E-state index in [0.29, 0.717) is 0 Å². The Balaban J connectivity index is 2.07. The van der Waals surface area contributed by atoms with E-state index in [9.17, 15) is 4.79 Å². The Hall–Kier alpha value is -1.14. The fourth-order valence-electron chi connectivity index (χ4n) is 1.96. The van der Waals surface area contributed by atoms with Crippen LogP contribution in [-0.4, -0.2) is 25.2 Å². The molecule has 0 aromatic carbocycles. The monoisotopic (exact) mass is 234 g/mol. The van der Waals surface area contributed by atoms with Crippen LogP contribution in [0, 0.1) is 18.3 Å². The van der Waals surface area contributed by atoms with Crippen LogP contribution in [0.5, 0.6) is 0 Å². The second-order valence-electron chi connectivity index (χ2n) is 4.50. The Morgan fingerprint density at radius 1 is 1.47 bits per heavy atom. The normalized spacial score (nSPS) is 20.3. The van der Waals surface area contributed by atoms with Crippen LogP contribution in [0.4, 0.5) is 0 Å². The van der Waals surface area contributed by atoms with E-state index in [-0.39, 0.29) is 11.8 Å². The minimum atomic E-state index is 0.0424. The lowest BCUT2D eigenvalue weighted by Gasteiger charge is -2.19. The van der Waals surface area contributed by atoms with Crippen molar-refractivity contribution >= 4 is 12.1 Å². The van der Waals surface area contributed by atoms with Gasteiger partial charge in [-0.25, -0.2) is 4.99 Å². The number of hydrogen-bond acceptors (Lipinski definition) is 2. The third-order valence-electron chi connectivity index (χ3n) is 3.02. The van der Waals surface area contributed by atoms with Gasteiger partial charge in [0.05, 0.1) is 5.92 Å². The Labute approximate surface area is 104 Å². The first-order chi connectivity index (χ1) is 8.34. The van der Waals surface area contributed by atoms with E-state index in [4.69, 9.17) is 6.42 Å². The van der Waals surface area contributed by atoms with Gasteiger partial charge in [0.2, 0.25) is 5.91 Å². The highest BCUT2D eigenvalue weighted by Gasteiger charge is 2.19. The van der Waals surface area contributed by atoms with Crippen LogP contribution in [0.15, 0.2) is 4.99 Å². The Morgan fingerprint density at radius 2 is 2.35 bits per heavy atom. The predicted molar refractivity (Wildman–Crippen MR) is 71.0 cm³/mol. The zero-order valence-corrected chi connectivity index (χ0v) is 10.5. The quantitative estimate of drug-likeness (QED) is 0.435. The molecule has 0 bridgehead atoms. The summed E-state index contributed by atoms with van der Waals surface area (Å²) in [5.74, 6) is 2.77. The average Bonchev–Trinajstić information content (AvgIpc) is 2.38. The lowest BCUT2D eigenvalue weighted by molar-refractivity contribution is -0.121. The molecule has 1 unspecified atom stereocenters. The molecule has 0 aromatic rings. The van der Waals surface area contributed by atoms with E-state index in [1.165, 1.54) is 0 Å². The standard InChI is InChI=1S/C14H22N2O/c1-2-3-4-5-6-7-11-16-14(17)13-9-8-10-15-12-13/h1,11,13,15H,3-10,12H2. The number of aliphatic imine (C=N–C) groups is 1. The minimum absolute atomic E-state index is 0.0424. The van der Waals surface area contributed by atoms with Gasteiger partial charge in [0, 0.05) is 19.2 Å². The minimum Gasteiger partial charge on any atom is -0.316 e. The number of carbonyl (C=O) groups excluding carboxylic acids is 1. The van der Waals surface area contributed by atoms with Gasteiger partial charge in [-0.3, -0.25) is 4.79 Å². The van der Waals surface area contributed by atoms with Crippen LogP contribution >= 0.6 is 0 Å². The van der Waals surface area contributed by atoms with Gasteiger partial charge in [-0.15, -0.1) is 12.3 Å². The SMILES string of the molecule is C#CCCCCCC=NC(=O)C1CCCNC1. The Morgan fingerprint density at radius 3 is 3.06 bits per heavy atom. The average molecular weight is 234 g/mol. The molecule has 1 heterocycles. The molecule has 3 nitrogen and oxygen atoms in total. The van der Waals surface area contributed by atoms with E-state index >= 15 is 0 Å². The molecule has 0 aromatic heterocycles. The van der Waals surface area contributed by atoms with Gasteiger partial charge in [0.25, 0.3) is 0 Å². The molecule has 1 aliphatic rings. The van der Waals surface area contributed by atoms with Crippen molar-refractivity contribution in [3.05, 3.63) is 0 Å². The number of nitrogens with one attached hydrogen (secondary N) is 1. The van der Waals surface area contributed by atoms with Crippen molar-refractivity contribution in [2.24, 2.45) is 10.9 Å². The Bertz CT molecular complexity index is 285. The fraction of sp³-hybridized carbons (Fsp3) is 0.714. The third-order valence-corrected chi connectivity index (χ3v) is 3.02. The van der Waals surface area contributed by atoms with Crippen molar-refractivity contribution in [3.8, 4) is 12.3 Å². The molecule has 0 radical (unpaired) electrons. The van der Waals surface area contributed by atoms with Crippen molar-refractivity contribution in [2.75, 3.05) is 13.1 Å². The summed E-state index contributed by atoms with van der Waals surface area (Å²) in [6.07, 6.45) is 14.0. The van der Waals surface area contributed by atoms with Crippen LogP contribution in [0.1, 0.15) is 44.9 Å². The summed E-state index contributed by atoms with van der Waals surface area (Å²) in [5.41, 5.74) is 0. The molecule has 1 amide bonds. The van der Waals surface area contributed by atoms with E-state index in [1.807, 2.05) is 0 Å². The molecule has 0 saturated carbocycles. The Kier molecular flexibility index (Phi) is 7.33. The lowest BCUT2D eigenvalue weighted by Crippen LogP contribution is -2.33. The van der Waals surface area contributed by atoms with Gasteiger partial charge in [0.1, 0.15) is 0 Å². The number of nitrogens with zero attached hydrogens (tertiary/aromatic N) is 1. The molecular weight excluding hydrogens is 212 g/mol. The van der Waals surface area contributed by atoms with E-state index in [1.54, 1.807) is 6.21 Å². The van der Waals surface area contributed by atoms with Crippen LogP contribution in [0.3, 0.4) is 0 Å². The first-order valence-corrected chi connectivity index (χ1v) is 6.55. The van der Waals surface area contributed by atoms with Gasteiger partial charge in [-0.1, -0.05) is 6.42 Å². The topological polar surface area (TPSA) is 41.5 Å². The second kappa shape index (κ2) is 8.95. The number of rotatable bonds is 6. The molecule has 17 heavy (non-hydrogen) atoms. The number of unbranched alkanes of at least 4 members (excludes halogenated alkanes) is 4. The number of terminal acetylenes is 1. The zero-order chi connectivity index (χ0) is 12.3. The van der Waals surface area contributed by atoms with Gasteiger partial charge < -0.3 is 5.32 Å². The molecule has 3 heteroatoms. The van der Waals surface area contributed by atoms with Crippen molar-refractivity contribution in [3.63, 3.8) is 0 Å². The van der Waals surface area contributed by atoms with Crippen LogP contribution in [0.25, 0.3) is 0 Å². The smallest absolute Gasteiger partial charge is 0.249 e. The summed E-state index contributed by atoms with van der Waals surface area (Å²) in [6.45, 7) is 1.82. The van der Waals surface area contributed by atoms with Gasteiger partial charge in [0.15, 0.2) is 0 Å². The fourth-order valence-corrected chi connectivity index (χ4v) is 1.96. The molecule has 0 spiro atoms. The number of carbonyl (C=O) groups is 1. The number of hydrogen-bond donors (Lipinski definition) is 1. The van der Waals surface area contributed by atoms with Crippen molar-refractivity contribution in [1.82, 2.24) is 5.32 Å². The van der Waals surface area contributed by atoms with E-state index in [2.05, 4.69) is 16.2 Å². The van der Waals surface area contributed by atoms with Crippen molar-refractivity contribution in [2.45, 2.75) is 44.9 Å².